The van der Waals surface area contributed by atoms with Gasteiger partial charge in [0.05, 0.1) is 25.4 Å². The van der Waals surface area contributed by atoms with E-state index < -0.39 is 35.8 Å². The minimum absolute atomic E-state index is 0.0983. The van der Waals surface area contributed by atoms with Crippen LogP contribution in [0.3, 0.4) is 0 Å². The number of allylic oxidation sites excluding steroid dienone is 2. The molecule has 1 aromatic heterocycles. The average Bonchev–Trinajstić information content (AvgIpc) is 3.24. The third-order valence-corrected chi connectivity index (χ3v) is 6.82. The van der Waals surface area contributed by atoms with Gasteiger partial charge in [0.15, 0.2) is 6.10 Å². The minimum atomic E-state index is -1.43. The Morgan fingerprint density at radius 3 is 2.10 bits per heavy atom. The van der Waals surface area contributed by atoms with E-state index in [0.29, 0.717) is 17.1 Å². The number of nitrogens with one attached hydrogen (secondary N) is 2. The van der Waals surface area contributed by atoms with Crippen molar-refractivity contribution in [1.82, 2.24) is 9.88 Å². The molecule has 1 aliphatic rings. The smallest absolute Gasteiger partial charge is 0.336 e. The number of esters is 3. The maximum absolute atomic E-state index is 13.4. The van der Waals surface area contributed by atoms with Crippen LogP contribution in [0.5, 0.6) is 0 Å². The first kappa shape index (κ1) is 27.4. The number of aryl methyl sites for hydroxylation is 1. The fraction of sp³-hybridized carbons (Fsp3) is 0.310. The van der Waals surface area contributed by atoms with Crippen molar-refractivity contribution >= 4 is 51.3 Å². The molecule has 0 unspecified atom stereocenters. The molecule has 0 spiro atoms. The van der Waals surface area contributed by atoms with E-state index in [9.17, 15) is 19.2 Å². The number of hydrogen-bond acceptors (Lipinski definition) is 8. The standard InChI is InChI=1S/C29H31N3O7/c1-7-32-21-11-9-8-10-19(21)20-14-18(12-13-22(20)32)31-26(33)17(4)39-29(36)25-23(27(34)37-5)15(2)30-16(3)24(25)28(35)38-6/h8-14,17,25,30H,7H2,1-6H3,(H,31,33)/t17-/m1/s1. The zero-order valence-electron chi connectivity index (χ0n) is 22.7. The molecule has 0 radical (unpaired) electrons. The van der Waals surface area contributed by atoms with Crippen molar-refractivity contribution < 1.29 is 33.4 Å². The van der Waals surface area contributed by atoms with Gasteiger partial charge in [0.25, 0.3) is 5.91 Å². The van der Waals surface area contributed by atoms with Gasteiger partial charge in [-0.3, -0.25) is 9.59 Å². The summed E-state index contributed by atoms with van der Waals surface area (Å²) >= 11 is 0. The molecule has 1 aliphatic heterocycles. The van der Waals surface area contributed by atoms with Crippen LogP contribution in [0.2, 0.25) is 0 Å². The second-order valence-electron chi connectivity index (χ2n) is 9.18. The molecule has 2 aromatic carbocycles. The molecule has 4 rings (SSSR count). The third-order valence-electron chi connectivity index (χ3n) is 6.82. The molecule has 1 atom stereocenters. The summed E-state index contributed by atoms with van der Waals surface area (Å²) in [5, 5.41) is 7.75. The maximum atomic E-state index is 13.4. The number of amides is 1. The number of carbonyl (C=O) groups excluding carboxylic acids is 4. The van der Waals surface area contributed by atoms with E-state index >= 15 is 0 Å². The van der Waals surface area contributed by atoms with E-state index in [-0.39, 0.29) is 11.1 Å². The monoisotopic (exact) mass is 533 g/mol. The third kappa shape index (κ3) is 4.97. The quantitative estimate of drug-likeness (QED) is 0.347. The topological polar surface area (TPSA) is 125 Å². The molecule has 0 saturated heterocycles. The van der Waals surface area contributed by atoms with Gasteiger partial charge in [-0.05, 0) is 52.0 Å². The Hall–Kier alpha value is -4.60. The van der Waals surface area contributed by atoms with Crippen molar-refractivity contribution in [2.75, 3.05) is 19.5 Å². The van der Waals surface area contributed by atoms with Crippen LogP contribution in [0.4, 0.5) is 5.69 Å². The number of aromatic nitrogens is 1. The highest BCUT2D eigenvalue weighted by Gasteiger charge is 2.43. The van der Waals surface area contributed by atoms with Gasteiger partial charge in [-0.2, -0.15) is 0 Å². The minimum Gasteiger partial charge on any atom is -0.466 e. The number of dihydropyridines is 1. The summed E-state index contributed by atoms with van der Waals surface area (Å²) in [7, 11) is 2.33. The van der Waals surface area contributed by atoms with Crippen molar-refractivity contribution in [2.24, 2.45) is 5.92 Å². The average molecular weight is 534 g/mol. The van der Waals surface area contributed by atoms with E-state index in [2.05, 4.69) is 28.2 Å². The Morgan fingerprint density at radius 1 is 0.923 bits per heavy atom. The molecule has 2 heterocycles. The Balaban J connectivity index is 1.59. The zero-order chi connectivity index (χ0) is 28.4. The normalized spacial score (nSPS) is 14.7. The number of hydrogen-bond donors (Lipinski definition) is 2. The summed E-state index contributed by atoms with van der Waals surface area (Å²) in [6, 6.07) is 13.6. The van der Waals surface area contributed by atoms with Crippen LogP contribution in [0.15, 0.2) is 65.0 Å². The first-order valence-corrected chi connectivity index (χ1v) is 12.5. The Labute approximate surface area is 225 Å². The van der Waals surface area contributed by atoms with Gasteiger partial charge < -0.3 is 29.4 Å². The first-order valence-electron chi connectivity index (χ1n) is 12.5. The van der Waals surface area contributed by atoms with E-state index in [0.717, 1.165) is 28.4 Å². The lowest BCUT2D eigenvalue weighted by Crippen LogP contribution is -2.40. The summed E-state index contributed by atoms with van der Waals surface area (Å²) in [5.74, 6) is -4.59. The predicted molar refractivity (Wildman–Crippen MR) is 145 cm³/mol. The molecule has 0 fully saturated rings. The molecule has 10 heteroatoms. The highest BCUT2D eigenvalue weighted by atomic mass is 16.6. The molecule has 3 aromatic rings. The number of anilines is 1. The molecule has 0 bridgehead atoms. The van der Waals surface area contributed by atoms with Crippen molar-refractivity contribution in [3.63, 3.8) is 0 Å². The number of fused-ring (bicyclic) bond motifs is 3. The maximum Gasteiger partial charge on any atom is 0.336 e. The van der Waals surface area contributed by atoms with Crippen LogP contribution in [-0.4, -0.2) is 48.7 Å². The van der Waals surface area contributed by atoms with E-state index in [1.165, 1.54) is 21.1 Å². The molecule has 2 N–H and O–H groups in total. The molecule has 0 aliphatic carbocycles. The molecular weight excluding hydrogens is 502 g/mol. The number of methoxy groups -OCH3 is 2. The second-order valence-corrected chi connectivity index (χ2v) is 9.18. The summed E-state index contributed by atoms with van der Waals surface area (Å²) in [6.07, 6.45) is -1.24. The molecule has 204 valence electrons. The van der Waals surface area contributed by atoms with Gasteiger partial charge in [0, 0.05) is 45.4 Å². The zero-order valence-corrected chi connectivity index (χ0v) is 22.7. The Bertz CT molecular complexity index is 1530. The number of para-hydroxylation sites is 1. The summed E-state index contributed by atoms with van der Waals surface area (Å²) in [4.78, 5) is 51.5. The summed E-state index contributed by atoms with van der Waals surface area (Å²) in [6.45, 7) is 7.43. The van der Waals surface area contributed by atoms with Crippen LogP contribution in [-0.2, 0) is 39.9 Å². The van der Waals surface area contributed by atoms with Crippen LogP contribution in [0.1, 0.15) is 27.7 Å². The molecule has 1 amide bonds. The fourth-order valence-electron chi connectivity index (χ4n) is 5.00. The van der Waals surface area contributed by atoms with E-state index in [4.69, 9.17) is 14.2 Å². The van der Waals surface area contributed by atoms with E-state index in [1.54, 1.807) is 19.9 Å². The van der Waals surface area contributed by atoms with Gasteiger partial charge >= 0.3 is 17.9 Å². The first-order chi connectivity index (χ1) is 18.6. The highest BCUT2D eigenvalue weighted by Crippen LogP contribution is 2.33. The molecule has 39 heavy (non-hydrogen) atoms. The van der Waals surface area contributed by atoms with Crippen LogP contribution >= 0.6 is 0 Å². The number of rotatable bonds is 7. The number of nitrogens with zero attached hydrogens (tertiary/aromatic N) is 1. The van der Waals surface area contributed by atoms with Crippen molar-refractivity contribution in [2.45, 2.75) is 40.3 Å². The van der Waals surface area contributed by atoms with Gasteiger partial charge in [0.2, 0.25) is 0 Å². The SMILES string of the molecule is CCn1c2ccccc2c2cc(NC(=O)[C@@H](C)OC(=O)C3C(C(=O)OC)=C(C)NC(C)=C3C(=O)OC)ccc21. The van der Waals surface area contributed by atoms with Gasteiger partial charge in [-0.1, -0.05) is 18.2 Å². The van der Waals surface area contributed by atoms with Gasteiger partial charge in [-0.15, -0.1) is 0 Å². The predicted octanol–water partition coefficient (Wildman–Crippen LogP) is 3.80. The lowest BCUT2D eigenvalue weighted by molar-refractivity contribution is -0.157. The van der Waals surface area contributed by atoms with Crippen molar-refractivity contribution in [1.29, 1.82) is 0 Å². The molecule has 10 nitrogen and oxygen atoms in total. The summed E-state index contributed by atoms with van der Waals surface area (Å²) in [5.41, 5.74) is 3.12. The highest BCUT2D eigenvalue weighted by molar-refractivity contribution is 6.10. The van der Waals surface area contributed by atoms with Crippen LogP contribution < -0.4 is 10.6 Å². The molecular formula is C29H31N3O7. The Kier molecular flexibility index (Phi) is 7.75. The van der Waals surface area contributed by atoms with E-state index in [1.807, 2.05) is 30.3 Å². The summed E-state index contributed by atoms with van der Waals surface area (Å²) < 4.78 is 17.4. The van der Waals surface area contributed by atoms with Crippen LogP contribution in [0, 0.1) is 5.92 Å². The van der Waals surface area contributed by atoms with Crippen molar-refractivity contribution in [3.8, 4) is 0 Å². The Morgan fingerprint density at radius 2 is 1.51 bits per heavy atom. The largest absolute Gasteiger partial charge is 0.466 e. The lowest BCUT2D eigenvalue weighted by Gasteiger charge is -2.29. The van der Waals surface area contributed by atoms with Crippen LogP contribution in [0.25, 0.3) is 21.8 Å². The second kappa shape index (κ2) is 11.0. The number of carbonyl (C=O) groups is 4. The van der Waals surface area contributed by atoms with Crippen molar-refractivity contribution in [3.05, 3.63) is 65.0 Å². The molecule has 0 saturated carbocycles. The van der Waals surface area contributed by atoms with Gasteiger partial charge in [0.1, 0.15) is 5.92 Å². The van der Waals surface area contributed by atoms with Gasteiger partial charge in [-0.25, -0.2) is 9.59 Å². The lowest BCUT2D eigenvalue weighted by atomic mass is 9.85. The number of ether oxygens (including phenoxy) is 3. The fourth-order valence-corrected chi connectivity index (χ4v) is 5.00. The number of benzene rings is 2.